The minimum atomic E-state index is -1.01. The second kappa shape index (κ2) is 12.2. The van der Waals surface area contributed by atoms with Gasteiger partial charge in [-0.2, -0.15) is 10.2 Å². The van der Waals surface area contributed by atoms with Gasteiger partial charge in [-0.15, -0.1) is 0 Å². The van der Waals surface area contributed by atoms with E-state index >= 15 is 0 Å². The Kier molecular flexibility index (Phi) is 7.89. The van der Waals surface area contributed by atoms with Gasteiger partial charge in [0.2, 0.25) is 0 Å². The van der Waals surface area contributed by atoms with Crippen molar-refractivity contribution >= 4 is 51.1 Å². The number of hydrazone groups is 1. The van der Waals surface area contributed by atoms with Gasteiger partial charge in [0.05, 0.1) is 31.7 Å². The zero-order valence-corrected chi connectivity index (χ0v) is 26.8. The molecule has 0 bridgehead atoms. The van der Waals surface area contributed by atoms with Crippen LogP contribution >= 0.6 is 15.9 Å². The Hall–Kier alpha value is -4.84. The molecule has 0 aromatic heterocycles. The molecule has 234 valence electrons. The van der Waals surface area contributed by atoms with E-state index in [0.29, 0.717) is 11.4 Å². The molecule has 0 unspecified atom stereocenters. The SMILES string of the molecule is COc1ccc(/C=C2\CCC[C@@H]3C2=NN(C(=O)CN2N=N[C@@H]4C(=O)N(c5cccc(Br)c5)C(=O)[C@@H]42)[C@H]3c2ccc(OC)cc2)cc1. The van der Waals surface area contributed by atoms with E-state index in [1.165, 1.54) is 10.0 Å². The Bertz CT molecular complexity index is 1790. The maximum absolute atomic E-state index is 14.2. The van der Waals surface area contributed by atoms with Crippen LogP contribution in [0.3, 0.4) is 0 Å². The average molecular weight is 684 g/mol. The number of methoxy groups -OCH3 is 2. The quantitative estimate of drug-likeness (QED) is 0.300. The van der Waals surface area contributed by atoms with Crippen molar-refractivity contribution in [3.8, 4) is 11.5 Å². The molecule has 11 nitrogen and oxygen atoms in total. The van der Waals surface area contributed by atoms with E-state index in [4.69, 9.17) is 14.6 Å². The molecule has 2 fully saturated rings. The molecule has 7 rings (SSSR count). The second-order valence-corrected chi connectivity index (χ2v) is 12.5. The Morgan fingerprint density at radius 2 is 1.67 bits per heavy atom. The van der Waals surface area contributed by atoms with Crippen molar-refractivity contribution in [2.45, 2.75) is 37.4 Å². The Morgan fingerprint density at radius 1 is 0.957 bits per heavy atom. The molecule has 4 atom stereocenters. The second-order valence-electron chi connectivity index (χ2n) is 11.6. The number of hydrogen-bond acceptors (Lipinski definition) is 9. The lowest BCUT2D eigenvalue weighted by atomic mass is 9.77. The van der Waals surface area contributed by atoms with Gasteiger partial charge in [0.25, 0.3) is 17.7 Å². The lowest BCUT2D eigenvalue weighted by Crippen LogP contribution is -2.45. The third kappa shape index (κ3) is 5.26. The zero-order valence-electron chi connectivity index (χ0n) is 25.2. The molecule has 0 radical (unpaired) electrons. The van der Waals surface area contributed by atoms with E-state index in [2.05, 4.69) is 32.3 Å². The third-order valence-electron chi connectivity index (χ3n) is 8.89. The van der Waals surface area contributed by atoms with Gasteiger partial charge < -0.3 is 9.47 Å². The van der Waals surface area contributed by atoms with Gasteiger partial charge in [-0.05, 0) is 84.5 Å². The van der Waals surface area contributed by atoms with Gasteiger partial charge in [0, 0.05) is 10.4 Å². The topological polar surface area (TPSA) is 116 Å². The van der Waals surface area contributed by atoms with E-state index < -0.39 is 23.9 Å². The van der Waals surface area contributed by atoms with Gasteiger partial charge in [0.1, 0.15) is 18.0 Å². The molecule has 4 aliphatic rings. The molecular weight excluding hydrogens is 652 g/mol. The number of imide groups is 1. The van der Waals surface area contributed by atoms with Crippen molar-refractivity contribution in [1.29, 1.82) is 0 Å². The molecule has 1 aliphatic carbocycles. The van der Waals surface area contributed by atoms with Crippen molar-refractivity contribution in [3.05, 3.63) is 94.0 Å². The fraction of sp³-hybridized carbons (Fsp3) is 0.294. The first kappa shape index (κ1) is 29.8. The first-order chi connectivity index (χ1) is 22.4. The number of halogens is 1. The highest BCUT2D eigenvalue weighted by molar-refractivity contribution is 9.10. The predicted octanol–water partition coefficient (Wildman–Crippen LogP) is 5.58. The zero-order chi connectivity index (χ0) is 31.9. The van der Waals surface area contributed by atoms with E-state index in [1.54, 1.807) is 32.4 Å². The Labute approximate surface area is 274 Å². The fourth-order valence-corrected chi connectivity index (χ4v) is 7.06. The van der Waals surface area contributed by atoms with Crippen molar-refractivity contribution < 1.29 is 23.9 Å². The van der Waals surface area contributed by atoms with Gasteiger partial charge in [-0.25, -0.2) is 9.91 Å². The normalized spacial score (nSPS) is 24.4. The summed E-state index contributed by atoms with van der Waals surface area (Å²) in [5.74, 6) is 0.194. The largest absolute Gasteiger partial charge is 0.497 e. The lowest BCUT2D eigenvalue weighted by Gasteiger charge is -2.30. The van der Waals surface area contributed by atoms with Crippen molar-refractivity contribution in [3.63, 3.8) is 0 Å². The minimum absolute atomic E-state index is 0.0229. The Balaban J connectivity index is 1.19. The van der Waals surface area contributed by atoms with Crippen molar-refractivity contribution in [1.82, 2.24) is 10.0 Å². The van der Waals surface area contributed by atoms with E-state index in [1.807, 2.05) is 54.6 Å². The first-order valence-electron chi connectivity index (χ1n) is 15.1. The standard InChI is InChI=1S/C34H31BrN6O5/c1-45-25-13-9-20(10-14-25)17-22-5-3-8-27-29(22)37-41(31(27)21-11-15-26(46-2)16-12-21)28(42)19-39-32-30(36-38-39)33(43)40(34(32)44)24-7-4-6-23(35)18-24/h4,6-7,9-18,27,30-32H,3,5,8,19H2,1-2H3/b22-17+/t27-,30+,31+,32-/m1/s1. The highest BCUT2D eigenvalue weighted by Crippen LogP contribution is 2.45. The summed E-state index contributed by atoms with van der Waals surface area (Å²) in [6.45, 7) is -0.260. The number of amides is 3. The van der Waals surface area contributed by atoms with Crippen molar-refractivity contribution in [2.75, 3.05) is 25.7 Å². The lowest BCUT2D eigenvalue weighted by molar-refractivity contribution is -0.136. The maximum atomic E-state index is 14.2. The van der Waals surface area contributed by atoms with Crippen molar-refractivity contribution in [2.24, 2.45) is 21.4 Å². The molecule has 3 aromatic carbocycles. The number of benzene rings is 3. The van der Waals surface area contributed by atoms with Gasteiger partial charge in [-0.1, -0.05) is 51.5 Å². The molecule has 3 aromatic rings. The van der Waals surface area contributed by atoms with E-state index in [-0.39, 0.29) is 24.4 Å². The molecule has 1 saturated heterocycles. The summed E-state index contributed by atoms with van der Waals surface area (Å²) >= 11 is 3.40. The number of carbonyl (C=O) groups is 3. The summed E-state index contributed by atoms with van der Waals surface area (Å²) in [5.41, 5.74) is 4.35. The van der Waals surface area contributed by atoms with Crippen LogP contribution in [-0.2, 0) is 14.4 Å². The van der Waals surface area contributed by atoms with E-state index in [0.717, 1.165) is 56.8 Å². The predicted molar refractivity (Wildman–Crippen MR) is 174 cm³/mol. The number of anilines is 1. The number of ether oxygens (including phenoxy) is 2. The minimum Gasteiger partial charge on any atom is -0.497 e. The molecule has 3 heterocycles. The summed E-state index contributed by atoms with van der Waals surface area (Å²) in [5, 5.41) is 16.1. The molecule has 46 heavy (non-hydrogen) atoms. The number of nitrogens with zero attached hydrogens (tertiary/aromatic N) is 6. The monoisotopic (exact) mass is 682 g/mol. The van der Waals surface area contributed by atoms with Crippen LogP contribution in [0.15, 0.2) is 98.3 Å². The molecule has 0 N–H and O–H groups in total. The van der Waals surface area contributed by atoms with E-state index in [9.17, 15) is 14.4 Å². The van der Waals surface area contributed by atoms with Crippen LogP contribution in [0, 0.1) is 5.92 Å². The summed E-state index contributed by atoms with van der Waals surface area (Å²) in [6, 6.07) is 20.1. The highest BCUT2D eigenvalue weighted by atomic mass is 79.9. The maximum Gasteiger partial charge on any atom is 0.264 e. The van der Waals surface area contributed by atoms with Crippen LogP contribution in [0.1, 0.15) is 36.4 Å². The van der Waals surface area contributed by atoms with Crippen LogP contribution < -0.4 is 14.4 Å². The average Bonchev–Trinajstić information content (AvgIpc) is 3.74. The highest BCUT2D eigenvalue weighted by Gasteiger charge is 2.55. The fourth-order valence-electron chi connectivity index (χ4n) is 6.68. The first-order valence-corrected chi connectivity index (χ1v) is 15.9. The number of fused-ring (bicyclic) bond motifs is 2. The van der Waals surface area contributed by atoms with Crippen LogP contribution in [0.5, 0.6) is 11.5 Å². The number of hydrogen-bond donors (Lipinski definition) is 0. The number of rotatable bonds is 7. The third-order valence-corrected chi connectivity index (χ3v) is 9.39. The van der Waals surface area contributed by atoms with Crippen LogP contribution in [-0.4, -0.2) is 66.3 Å². The summed E-state index contributed by atoms with van der Waals surface area (Å²) in [7, 11) is 3.25. The van der Waals surface area contributed by atoms with Crippen LogP contribution in [0.25, 0.3) is 6.08 Å². The molecular formula is C34H31BrN6O5. The van der Waals surface area contributed by atoms with Crippen LogP contribution in [0.2, 0.25) is 0 Å². The molecule has 0 spiro atoms. The summed E-state index contributed by atoms with van der Waals surface area (Å²) < 4.78 is 11.4. The number of allylic oxidation sites excluding steroid dienone is 1. The summed E-state index contributed by atoms with van der Waals surface area (Å²) in [6.07, 6.45) is 4.78. The molecule has 3 aliphatic heterocycles. The Morgan fingerprint density at radius 3 is 2.37 bits per heavy atom. The van der Waals surface area contributed by atoms with Gasteiger partial charge >= 0.3 is 0 Å². The smallest absolute Gasteiger partial charge is 0.264 e. The number of carbonyl (C=O) groups excluding carboxylic acids is 3. The molecule has 1 saturated carbocycles. The molecule has 12 heteroatoms. The van der Waals surface area contributed by atoms with Crippen LogP contribution in [0.4, 0.5) is 5.69 Å². The molecule has 3 amide bonds. The van der Waals surface area contributed by atoms with Gasteiger partial charge in [-0.3, -0.25) is 19.4 Å². The van der Waals surface area contributed by atoms with Gasteiger partial charge in [0.15, 0.2) is 12.1 Å². The summed E-state index contributed by atoms with van der Waals surface area (Å²) in [4.78, 5) is 42.1.